The lowest BCUT2D eigenvalue weighted by Gasteiger charge is -2.20. The van der Waals surface area contributed by atoms with E-state index >= 15 is 0 Å². The van der Waals surface area contributed by atoms with Crippen molar-refractivity contribution in [1.82, 2.24) is 0 Å². The van der Waals surface area contributed by atoms with Crippen molar-refractivity contribution in [2.75, 3.05) is 30.4 Å². The monoisotopic (exact) mass is 336 g/mol. The highest BCUT2D eigenvalue weighted by molar-refractivity contribution is 6.02. The number of amides is 1. The van der Waals surface area contributed by atoms with E-state index in [4.69, 9.17) is 4.74 Å². The van der Waals surface area contributed by atoms with Gasteiger partial charge in [-0.05, 0) is 56.0 Å². The molecule has 0 spiro atoms. The van der Waals surface area contributed by atoms with Crippen molar-refractivity contribution in [3.8, 4) is 5.75 Å². The van der Waals surface area contributed by atoms with E-state index in [0.717, 1.165) is 42.9 Å². The summed E-state index contributed by atoms with van der Waals surface area (Å²) < 4.78 is 5.46. The molecule has 1 saturated heterocycles. The zero-order valence-corrected chi connectivity index (χ0v) is 14.6. The molecule has 1 amide bonds. The summed E-state index contributed by atoms with van der Waals surface area (Å²) in [5.74, 6) is 0.852. The van der Waals surface area contributed by atoms with Crippen molar-refractivity contribution in [1.29, 1.82) is 0 Å². The van der Waals surface area contributed by atoms with Crippen LogP contribution in [0, 0.1) is 0 Å². The number of nitrogens with one attached hydrogen (secondary N) is 1. The number of carbonyl (C=O) groups excluding carboxylic acids is 1. The van der Waals surface area contributed by atoms with Crippen LogP contribution >= 0.6 is 0 Å². The van der Waals surface area contributed by atoms with Gasteiger partial charge >= 0.3 is 0 Å². The van der Waals surface area contributed by atoms with Gasteiger partial charge in [0.05, 0.1) is 12.5 Å². The minimum absolute atomic E-state index is 0.0610. The molecule has 1 saturated carbocycles. The fourth-order valence-corrected chi connectivity index (χ4v) is 3.77. The van der Waals surface area contributed by atoms with Crippen LogP contribution in [0.25, 0.3) is 0 Å². The van der Waals surface area contributed by atoms with Gasteiger partial charge in [-0.15, -0.1) is 0 Å². The molecule has 1 heterocycles. The molecule has 4 heteroatoms. The van der Waals surface area contributed by atoms with Crippen LogP contribution in [0.5, 0.6) is 5.75 Å². The Morgan fingerprint density at radius 2 is 1.72 bits per heavy atom. The third-order valence-electron chi connectivity index (χ3n) is 5.40. The highest BCUT2D eigenvalue weighted by Gasteiger charge is 2.52. The minimum atomic E-state index is -0.444. The maximum absolute atomic E-state index is 12.9. The van der Waals surface area contributed by atoms with Crippen LogP contribution in [0.3, 0.4) is 0 Å². The van der Waals surface area contributed by atoms with Crippen LogP contribution in [0.4, 0.5) is 11.4 Å². The number of hydrogen-bond acceptors (Lipinski definition) is 3. The second kappa shape index (κ2) is 6.43. The number of methoxy groups -OCH3 is 1. The van der Waals surface area contributed by atoms with Gasteiger partial charge in [0.15, 0.2) is 0 Å². The van der Waals surface area contributed by atoms with Crippen LogP contribution < -0.4 is 15.0 Å². The molecule has 0 radical (unpaired) electrons. The zero-order valence-electron chi connectivity index (χ0n) is 14.6. The number of hydrogen-bond donors (Lipinski definition) is 1. The molecular formula is C21H24N2O2. The summed E-state index contributed by atoms with van der Waals surface area (Å²) in [5.41, 5.74) is 2.64. The van der Waals surface area contributed by atoms with Crippen molar-refractivity contribution in [2.45, 2.75) is 31.1 Å². The number of rotatable bonds is 5. The lowest BCUT2D eigenvalue weighted by molar-refractivity contribution is -0.118. The molecule has 2 aromatic carbocycles. The van der Waals surface area contributed by atoms with Gasteiger partial charge in [0.2, 0.25) is 5.91 Å². The number of anilines is 2. The van der Waals surface area contributed by atoms with Crippen LogP contribution in [0.2, 0.25) is 0 Å². The molecule has 0 atom stereocenters. The van der Waals surface area contributed by atoms with Crippen molar-refractivity contribution in [3.05, 3.63) is 54.1 Å². The smallest absolute Gasteiger partial charge is 0.235 e. The molecule has 4 rings (SSSR count). The maximum Gasteiger partial charge on any atom is 0.235 e. The Labute approximate surface area is 148 Å². The van der Waals surface area contributed by atoms with E-state index in [2.05, 4.69) is 22.3 Å². The summed E-state index contributed by atoms with van der Waals surface area (Å²) in [7, 11) is 1.66. The van der Waals surface area contributed by atoms with Crippen molar-refractivity contribution < 1.29 is 9.53 Å². The van der Waals surface area contributed by atoms with E-state index < -0.39 is 5.41 Å². The first-order valence-corrected chi connectivity index (χ1v) is 9.03. The molecule has 1 aliphatic heterocycles. The van der Waals surface area contributed by atoms with E-state index in [-0.39, 0.29) is 5.91 Å². The van der Waals surface area contributed by atoms with Gasteiger partial charge in [0.1, 0.15) is 5.75 Å². The number of benzene rings is 2. The summed E-state index contributed by atoms with van der Waals surface area (Å²) in [6.45, 7) is 2.26. The summed E-state index contributed by atoms with van der Waals surface area (Å²) >= 11 is 0. The Balaban J connectivity index is 1.50. The largest absolute Gasteiger partial charge is 0.496 e. The quantitative estimate of drug-likeness (QED) is 0.898. The molecular weight excluding hydrogens is 312 g/mol. The molecule has 1 N–H and O–H groups in total. The van der Waals surface area contributed by atoms with E-state index in [1.807, 2.05) is 36.4 Å². The fraction of sp³-hybridized carbons (Fsp3) is 0.381. The normalized spacial score (nSPS) is 18.0. The maximum atomic E-state index is 12.9. The lowest BCUT2D eigenvalue weighted by Crippen LogP contribution is -2.28. The lowest BCUT2D eigenvalue weighted by atomic mass is 9.94. The third kappa shape index (κ3) is 2.97. The van der Waals surface area contributed by atoms with Gasteiger partial charge in [-0.3, -0.25) is 4.79 Å². The SMILES string of the molecule is COc1ccccc1C1(C(=O)Nc2ccc(N3CCCC3)cc2)CC1. The predicted molar refractivity (Wildman–Crippen MR) is 100 cm³/mol. The number of carbonyl (C=O) groups is 1. The average Bonchev–Trinajstić information content (AvgIpc) is 3.29. The molecule has 0 bridgehead atoms. The molecule has 2 fully saturated rings. The second-order valence-corrected chi connectivity index (χ2v) is 6.98. The Morgan fingerprint density at radius 3 is 2.36 bits per heavy atom. The van der Waals surface area contributed by atoms with Crippen LogP contribution in [0.1, 0.15) is 31.2 Å². The predicted octanol–water partition coefficient (Wildman–Crippen LogP) is 3.97. The number of para-hydroxylation sites is 1. The molecule has 2 aliphatic rings. The minimum Gasteiger partial charge on any atom is -0.496 e. The molecule has 0 unspecified atom stereocenters. The zero-order chi connectivity index (χ0) is 17.3. The first-order chi connectivity index (χ1) is 12.2. The highest BCUT2D eigenvalue weighted by atomic mass is 16.5. The second-order valence-electron chi connectivity index (χ2n) is 6.98. The number of ether oxygens (including phenoxy) is 1. The Bertz CT molecular complexity index is 760. The standard InChI is InChI=1S/C21H24N2O2/c1-25-19-7-3-2-6-18(19)21(12-13-21)20(24)22-16-8-10-17(11-9-16)23-14-4-5-15-23/h2-3,6-11H,4-5,12-15H2,1H3,(H,22,24). The molecule has 0 aromatic heterocycles. The molecule has 2 aromatic rings. The summed E-state index contributed by atoms with van der Waals surface area (Å²) in [4.78, 5) is 15.3. The molecule has 25 heavy (non-hydrogen) atoms. The van der Waals surface area contributed by atoms with Gasteiger partial charge < -0.3 is 15.0 Å². The van der Waals surface area contributed by atoms with Gasteiger partial charge in [-0.2, -0.15) is 0 Å². The first-order valence-electron chi connectivity index (χ1n) is 9.03. The van der Waals surface area contributed by atoms with Crippen molar-refractivity contribution in [2.24, 2.45) is 0 Å². The van der Waals surface area contributed by atoms with E-state index in [1.54, 1.807) is 7.11 Å². The average molecular weight is 336 g/mol. The van der Waals surface area contributed by atoms with Crippen molar-refractivity contribution >= 4 is 17.3 Å². The topological polar surface area (TPSA) is 41.6 Å². The number of nitrogens with zero attached hydrogens (tertiary/aromatic N) is 1. The summed E-state index contributed by atoms with van der Waals surface area (Å²) in [5, 5.41) is 3.10. The van der Waals surface area contributed by atoms with Gasteiger partial charge in [0.25, 0.3) is 0 Å². The molecule has 1 aliphatic carbocycles. The van der Waals surface area contributed by atoms with Crippen LogP contribution in [0.15, 0.2) is 48.5 Å². The fourth-order valence-electron chi connectivity index (χ4n) is 3.77. The highest BCUT2D eigenvalue weighted by Crippen LogP contribution is 2.52. The van der Waals surface area contributed by atoms with Crippen LogP contribution in [-0.4, -0.2) is 26.1 Å². The summed E-state index contributed by atoms with van der Waals surface area (Å²) in [6.07, 6.45) is 4.26. The first kappa shape index (κ1) is 16.0. The Morgan fingerprint density at radius 1 is 1.04 bits per heavy atom. The Kier molecular flexibility index (Phi) is 4.12. The van der Waals surface area contributed by atoms with E-state index in [9.17, 15) is 4.79 Å². The third-order valence-corrected chi connectivity index (χ3v) is 5.40. The van der Waals surface area contributed by atoms with E-state index in [0.29, 0.717) is 0 Å². The van der Waals surface area contributed by atoms with Gasteiger partial charge in [-0.25, -0.2) is 0 Å². The Hall–Kier alpha value is -2.49. The van der Waals surface area contributed by atoms with Gasteiger partial charge in [-0.1, -0.05) is 18.2 Å². The van der Waals surface area contributed by atoms with Gasteiger partial charge in [0, 0.05) is 30.0 Å². The summed E-state index contributed by atoms with van der Waals surface area (Å²) in [6, 6.07) is 16.0. The van der Waals surface area contributed by atoms with Crippen molar-refractivity contribution in [3.63, 3.8) is 0 Å². The van der Waals surface area contributed by atoms with E-state index in [1.165, 1.54) is 18.5 Å². The van der Waals surface area contributed by atoms with Crippen LogP contribution in [-0.2, 0) is 10.2 Å². The molecule has 4 nitrogen and oxygen atoms in total. The molecule has 130 valence electrons.